The molecule has 1 amide bonds. The molecule has 140 valence electrons. The molecule has 2 rings (SSSR count). The molecule has 8 heteroatoms. The largest absolute Gasteiger partial charge is 0.386 e. The van der Waals surface area contributed by atoms with Crippen LogP contribution in [-0.2, 0) is 19.6 Å². The van der Waals surface area contributed by atoms with Gasteiger partial charge in [-0.1, -0.05) is 30.3 Å². The standard InChI is InChI=1S/C19H19N3O4S/c1-14(23)13-18(20)22-27(25,26)17-10-8-16(9-11-17)21-19(24)12-7-15-5-3-2-4-6-15/h2-12H,13H2,1H3,(H2,20,22)(H,21,24). The second-order valence-electron chi connectivity index (χ2n) is 5.69. The second-order valence-corrected chi connectivity index (χ2v) is 7.30. The number of anilines is 1. The average molecular weight is 385 g/mol. The molecule has 2 aromatic rings. The number of amidine groups is 1. The van der Waals surface area contributed by atoms with Crippen molar-refractivity contribution in [3.05, 3.63) is 66.2 Å². The highest BCUT2D eigenvalue weighted by Crippen LogP contribution is 2.16. The van der Waals surface area contributed by atoms with E-state index in [1.54, 1.807) is 6.08 Å². The molecule has 0 atom stereocenters. The van der Waals surface area contributed by atoms with Gasteiger partial charge in [-0.25, -0.2) is 0 Å². The summed E-state index contributed by atoms with van der Waals surface area (Å²) >= 11 is 0. The maximum absolute atomic E-state index is 12.1. The van der Waals surface area contributed by atoms with Crippen molar-refractivity contribution in [2.45, 2.75) is 18.2 Å². The number of rotatable bonds is 7. The molecule has 0 heterocycles. The number of carbonyl (C=O) groups excluding carboxylic acids is 2. The second kappa shape index (κ2) is 8.91. The number of nitrogens with one attached hydrogen (secondary N) is 1. The van der Waals surface area contributed by atoms with Gasteiger partial charge in [0.1, 0.15) is 11.6 Å². The first-order chi connectivity index (χ1) is 12.8. The maximum Gasteiger partial charge on any atom is 0.283 e. The quantitative estimate of drug-likeness (QED) is 0.431. The molecule has 0 aromatic heterocycles. The van der Waals surface area contributed by atoms with Gasteiger partial charge in [0.05, 0.1) is 11.3 Å². The number of ketones is 1. The predicted molar refractivity (Wildman–Crippen MR) is 105 cm³/mol. The van der Waals surface area contributed by atoms with Crippen molar-refractivity contribution in [3.8, 4) is 0 Å². The minimum Gasteiger partial charge on any atom is -0.386 e. The smallest absolute Gasteiger partial charge is 0.283 e. The molecule has 0 saturated heterocycles. The van der Waals surface area contributed by atoms with E-state index in [-0.39, 0.29) is 28.8 Å². The summed E-state index contributed by atoms with van der Waals surface area (Å²) in [6.07, 6.45) is 2.81. The van der Waals surface area contributed by atoms with Gasteiger partial charge >= 0.3 is 0 Å². The fourth-order valence-corrected chi connectivity index (χ4v) is 3.08. The fraction of sp³-hybridized carbons (Fsp3) is 0.105. The monoisotopic (exact) mass is 385 g/mol. The number of amides is 1. The van der Waals surface area contributed by atoms with E-state index < -0.39 is 10.0 Å². The number of hydrogen-bond donors (Lipinski definition) is 2. The summed E-state index contributed by atoms with van der Waals surface area (Å²) < 4.78 is 27.7. The Morgan fingerprint density at radius 3 is 2.30 bits per heavy atom. The van der Waals surface area contributed by atoms with Gasteiger partial charge in [-0.15, -0.1) is 4.40 Å². The summed E-state index contributed by atoms with van der Waals surface area (Å²) in [7, 11) is -4.01. The zero-order valence-corrected chi connectivity index (χ0v) is 15.4. The van der Waals surface area contributed by atoms with E-state index in [4.69, 9.17) is 5.73 Å². The highest BCUT2D eigenvalue weighted by atomic mass is 32.2. The number of hydrogen-bond acceptors (Lipinski definition) is 4. The molecule has 0 aliphatic rings. The summed E-state index contributed by atoms with van der Waals surface area (Å²) in [6.45, 7) is 1.29. The molecular weight excluding hydrogens is 366 g/mol. The van der Waals surface area contributed by atoms with Crippen LogP contribution in [0.25, 0.3) is 6.08 Å². The number of Topliss-reactive ketones (excluding diaryl/α,β-unsaturated/α-hetero) is 1. The van der Waals surface area contributed by atoms with E-state index >= 15 is 0 Å². The van der Waals surface area contributed by atoms with Crippen molar-refractivity contribution < 1.29 is 18.0 Å². The van der Waals surface area contributed by atoms with Crippen LogP contribution in [-0.4, -0.2) is 25.9 Å². The van der Waals surface area contributed by atoms with Crippen molar-refractivity contribution in [1.82, 2.24) is 0 Å². The van der Waals surface area contributed by atoms with Gasteiger partial charge in [0, 0.05) is 11.8 Å². The normalized spacial score (nSPS) is 12.1. The van der Waals surface area contributed by atoms with Crippen molar-refractivity contribution in [1.29, 1.82) is 0 Å². The van der Waals surface area contributed by atoms with E-state index in [1.807, 2.05) is 30.3 Å². The van der Waals surface area contributed by atoms with Gasteiger partial charge in [-0.05, 0) is 42.8 Å². The van der Waals surface area contributed by atoms with Crippen LogP contribution >= 0.6 is 0 Å². The first-order valence-corrected chi connectivity index (χ1v) is 9.43. The molecule has 0 aliphatic heterocycles. The number of nitrogens with two attached hydrogens (primary N) is 1. The maximum atomic E-state index is 12.1. The minimum atomic E-state index is -4.01. The summed E-state index contributed by atoms with van der Waals surface area (Å²) in [5.74, 6) is -0.905. The Labute approximate surface area is 157 Å². The number of carbonyl (C=O) groups is 2. The molecule has 27 heavy (non-hydrogen) atoms. The zero-order valence-electron chi connectivity index (χ0n) is 14.6. The lowest BCUT2D eigenvalue weighted by molar-refractivity contribution is -0.116. The molecule has 0 fully saturated rings. The average Bonchev–Trinajstić information content (AvgIpc) is 2.60. The molecule has 7 nitrogen and oxygen atoms in total. The van der Waals surface area contributed by atoms with E-state index in [0.717, 1.165) is 5.56 Å². The van der Waals surface area contributed by atoms with Gasteiger partial charge in [0.25, 0.3) is 10.0 Å². The van der Waals surface area contributed by atoms with Crippen LogP contribution in [0.2, 0.25) is 0 Å². The lowest BCUT2D eigenvalue weighted by Crippen LogP contribution is -2.17. The minimum absolute atomic E-state index is 0.0909. The van der Waals surface area contributed by atoms with Crippen LogP contribution in [0.4, 0.5) is 5.69 Å². The van der Waals surface area contributed by atoms with Crippen LogP contribution in [0.1, 0.15) is 18.9 Å². The Balaban J connectivity index is 2.05. The highest BCUT2D eigenvalue weighted by molar-refractivity contribution is 7.90. The lowest BCUT2D eigenvalue weighted by Gasteiger charge is -2.04. The Morgan fingerprint density at radius 1 is 1.07 bits per heavy atom. The molecule has 0 unspecified atom stereocenters. The van der Waals surface area contributed by atoms with Crippen molar-refractivity contribution in [3.63, 3.8) is 0 Å². The molecule has 0 aliphatic carbocycles. The predicted octanol–water partition coefficient (Wildman–Crippen LogP) is 2.36. The summed E-state index contributed by atoms with van der Waals surface area (Å²) in [5.41, 5.74) is 6.77. The third-order valence-corrected chi connectivity index (χ3v) is 4.66. The third kappa shape index (κ3) is 6.52. The Kier molecular flexibility index (Phi) is 6.62. The van der Waals surface area contributed by atoms with Crippen LogP contribution in [0.3, 0.4) is 0 Å². The first kappa shape index (κ1) is 20.1. The Morgan fingerprint density at radius 2 is 1.70 bits per heavy atom. The Hall–Kier alpha value is -3.26. The molecule has 0 radical (unpaired) electrons. The SMILES string of the molecule is CC(=O)CC(N)=NS(=O)(=O)c1ccc(NC(=O)C=Cc2ccccc2)cc1. The molecule has 2 aromatic carbocycles. The first-order valence-electron chi connectivity index (χ1n) is 7.99. The van der Waals surface area contributed by atoms with E-state index in [9.17, 15) is 18.0 Å². The fourth-order valence-electron chi connectivity index (χ4n) is 2.12. The number of sulfonamides is 1. The molecule has 0 saturated carbocycles. The van der Waals surface area contributed by atoms with Crippen LogP contribution in [0.5, 0.6) is 0 Å². The van der Waals surface area contributed by atoms with E-state index in [2.05, 4.69) is 9.71 Å². The number of nitrogens with zero attached hydrogens (tertiary/aromatic N) is 1. The third-order valence-electron chi connectivity index (χ3n) is 3.31. The van der Waals surface area contributed by atoms with Gasteiger partial charge in [-0.3, -0.25) is 9.59 Å². The van der Waals surface area contributed by atoms with Gasteiger partial charge in [-0.2, -0.15) is 8.42 Å². The lowest BCUT2D eigenvalue weighted by atomic mass is 10.2. The topological polar surface area (TPSA) is 119 Å². The van der Waals surface area contributed by atoms with Gasteiger partial charge in [0.15, 0.2) is 0 Å². The number of benzene rings is 2. The van der Waals surface area contributed by atoms with Crippen LogP contribution in [0.15, 0.2) is 70.0 Å². The van der Waals surface area contributed by atoms with E-state index in [0.29, 0.717) is 5.69 Å². The molecule has 0 spiro atoms. The highest BCUT2D eigenvalue weighted by Gasteiger charge is 2.14. The van der Waals surface area contributed by atoms with Crippen LogP contribution in [0, 0.1) is 0 Å². The summed E-state index contributed by atoms with van der Waals surface area (Å²) in [5, 5.41) is 2.63. The Bertz CT molecular complexity index is 979. The van der Waals surface area contributed by atoms with Gasteiger partial charge < -0.3 is 11.1 Å². The molecular formula is C19H19N3O4S. The van der Waals surface area contributed by atoms with Gasteiger partial charge in [0.2, 0.25) is 5.91 Å². The van der Waals surface area contributed by atoms with Crippen molar-refractivity contribution >= 4 is 39.3 Å². The zero-order chi connectivity index (χ0) is 19.9. The molecule has 0 bridgehead atoms. The van der Waals surface area contributed by atoms with Crippen molar-refractivity contribution in [2.75, 3.05) is 5.32 Å². The van der Waals surface area contributed by atoms with E-state index in [1.165, 1.54) is 37.3 Å². The van der Waals surface area contributed by atoms with Crippen molar-refractivity contribution in [2.24, 2.45) is 10.1 Å². The summed E-state index contributed by atoms with van der Waals surface area (Å²) in [6, 6.07) is 14.8. The summed E-state index contributed by atoms with van der Waals surface area (Å²) in [4.78, 5) is 22.8. The molecule has 3 N–H and O–H groups in total. The van der Waals surface area contributed by atoms with Crippen LogP contribution < -0.4 is 11.1 Å².